The Morgan fingerprint density at radius 2 is 2.00 bits per heavy atom. The van der Waals surface area contributed by atoms with E-state index < -0.39 is 5.97 Å². The molecule has 0 fully saturated rings. The van der Waals surface area contributed by atoms with Crippen LogP contribution >= 0.6 is 11.3 Å². The lowest BCUT2D eigenvalue weighted by Gasteiger charge is -2.26. The van der Waals surface area contributed by atoms with Crippen LogP contribution in [-0.4, -0.2) is 21.6 Å². The molecule has 4 nitrogen and oxygen atoms in total. The predicted octanol–water partition coefficient (Wildman–Crippen LogP) is 3.97. The summed E-state index contributed by atoms with van der Waals surface area (Å²) < 4.78 is 0. The van der Waals surface area contributed by atoms with Crippen molar-refractivity contribution in [2.45, 2.75) is 39.2 Å². The third-order valence-corrected chi connectivity index (χ3v) is 4.38. The Hall–Kier alpha value is -1.88. The lowest BCUT2D eigenvalue weighted by molar-refractivity contribution is 0.0701. The maximum absolute atomic E-state index is 11.1. The molecule has 2 rings (SSSR count). The van der Waals surface area contributed by atoms with Crippen molar-refractivity contribution < 1.29 is 9.90 Å². The van der Waals surface area contributed by atoms with Crippen LogP contribution in [0.15, 0.2) is 30.3 Å². The molecular weight excluding hydrogens is 284 g/mol. The molecule has 0 saturated carbocycles. The number of hydrogen-bond donors (Lipinski definition) is 2. The van der Waals surface area contributed by atoms with Crippen molar-refractivity contribution in [3.05, 3.63) is 46.5 Å². The van der Waals surface area contributed by atoms with Gasteiger partial charge in [0, 0.05) is 5.54 Å². The van der Waals surface area contributed by atoms with Gasteiger partial charge in [-0.05, 0) is 39.2 Å². The molecule has 112 valence electrons. The molecule has 1 aromatic heterocycles. The molecule has 1 heterocycles. The Bertz CT molecular complexity index is 620. The van der Waals surface area contributed by atoms with Crippen LogP contribution in [0.2, 0.25) is 0 Å². The van der Waals surface area contributed by atoms with E-state index in [4.69, 9.17) is 5.11 Å². The number of nitrogens with one attached hydrogen (secondary N) is 1. The van der Waals surface area contributed by atoms with Gasteiger partial charge in [0.25, 0.3) is 0 Å². The molecule has 0 radical (unpaired) electrons. The number of carboxylic acid groups (broad SMARTS) is 1. The minimum Gasteiger partial charge on any atom is -0.477 e. The van der Waals surface area contributed by atoms with Crippen LogP contribution in [0.4, 0.5) is 5.13 Å². The summed E-state index contributed by atoms with van der Waals surface area (Å²) in [6.07, 6.45) is 1.91. The summed E-state index contributed by atoms with van der Waals surface area (Å²) in [4.78, 5) is 15.7. The second-order valence-electron chi connectivity index (χ2n) is 5.73. The predicted molar refractivity (Wildman–Crippen MR) is 86.3 cm³/mol. The minimum atomic E-state index is -0.917. The summed E-state index contributed by atoms with van der Waals surface area (Å²) in [5, 5.41) is 13.1. The first-order valence-corrected chi connectivity index (χ1v) is 7.72. The van der Waals surface area contributed by atoms with E-state index in [9.17, 15) is 4.79 Å². The number of hydrogen-bond acceptors (Lipinski definition) is 4. The number of benzene rings is 1. The molecule has 0 unspecified atom stereocenters. The van der Waals surface area contributed by atoms with Gasteiger partial charge < -0.3 is 10.4 Å². The fourth-order valence-electron chi connectivity index (χ4n) is 2.10. The Morgan fingerprint density at radius 1 is 1.33 bits per heavy atom. The average molecular weight is 304 g/mol. The van der Waals surface area contributed by atoms with Crippen molar-refractivity contribution in [2.24, 2.45) is 0 Å². The monoisotopic (exact) mass is 304 g/mol. The number of nitrogens with zero attached hydrogens (tertiary/aromatic N) is 1. The van der Waals surface area contributed by atoms with Crippen LogP contribution in [0, 0.1) is 6.92 Å². The van der Waals surface area contributed by atoms with Gasteiger partial charge in [-0.2, -0.15) is 0 Å². The number of carboxylic acids is 1. The van der Waals surface area contributed by atoms with Gasteiger partial charge in [-0.25, -0.2) is 9.78 Å². The van der Waals surface area contributed by atoms with Gasteiger partial charge in [0.05, 0.1) is 5.69 Å². The number of thiazole rings is 1. The van der Waals surface area contributed by atoms with Crippen LogP contribution in [0.5, 0.6) is 0 Å². The first-order valence-electron chi connectivity index (χ1n) is 6.90. The van der Waals surface area contributed by atoms with Crippen molar-refractivity contribution in [3.63, 3.8) is 0 Å². The highest BCUT2D eigenvalue weighted by Crippen LogP contribution is 2.27. The van der Waals surface area contributed by atoms with E-state index in [0.29, 0.717) is 15.7 Å². The fraction of sp³-hybridized carbons (Fsp3) is 0.375. The van der Waals surface area contributed by atoms with Gasteiger partial charge in [-0.15, -0.1) is 0 Å². The average Bonchev–Trinajstić information content (AvgIpc) is 2.78. The Balaban J connectivity index is 2.00. The van der Waals surface area contributed by atoms with E-state index in [1.54, 1.807) is 6.92 Å². The molecule has 21 heavy (non-hydrogen) atoms. The summed E-state index contributed by atoms with van der Waals surface area (Å²) in [6, 6.07) is 10.3. The van der Waals surface area contributed by atoms with E-state index in [1.165, 1.54) is 16.9 Å². The Morgan fingerprint density at radius 3 is 2.57 bits per heavy atom. The molecule has 1 aromatic carbocycles. The number of carbonyl (C=O) groups is 1. The standard InChI is InChI=1S/C16H20N2O2S/c1-11-13(14(19)20)21-15(17-11)18-16(2,3)10-9-12-7-5-4-6-8-12/h4-8H,9-10H2,1-3H3,(H,17,18)(H,19,20). The van der Waals surface area contributed by atoms with Crippen LogP contribution in [0.25, 0.3) is 0 Å². The lowest BCUT2D eigenvalue weighted by Crippen LogP contribution is -2.31. The number of aromatic nitrogens is 1. The molecule has 2 N–H and O–H groups in total. The molecule has 0 aliphatic carbocycles. The highest BCUT2D eigenvalue weighted by molar-refractivity contribution is 7.17. The summed E-state index contributed by atoms with van der Waals surface area (Å²) in [6.45, 7) is 5.93. The molecule has 5 heteroatoms. The maximum Gasteiger partial charge on any atom is 0.347 e. The third-order valence-electron chi connectivity index (χ3n) is 3.32. The van der Waals surface area contributed by atoms with Crippen LogP contribution in [0.1, 0.15) is 41.2 Å². The first-order chi connectivity index (χ1) is 9.87. The Labute approximate surface area is 128 Å². The SMILES string of the molecule is Cc1nc(NC(C)(C)CCc2ccccc2)sc1C(=O)O. The van der Waals surface area contributed by atoms with E-state index in [2.05, 4.69) is 36.3 Å². The molecular formula is C16H20N2O2S. The summed E-state index contributed by atoms with van der Waals surface area (Å²) in [5.41, 5.74) is 1.72. The highest BCUT2D eigenvalue weighted by Gasteiger charge is 2.21. The molecule has 0 atom stereocenters. The molecule has 2 aromatic rings. The second kappa shape index (κ2) is 6.26. The molecule has 0 amide bonds. The number of rotatable bonds is 6. The summed E-state index contributed by atoms with van der Waals surface area (Å²) in [7, 11) is 0. The zero-order valence-electron chi connectivity index (χ0n) is 12.5. The number of aromatic carboxylic acids is 1. The van der Waals surface area contributed by atoms with E-state index in [0.717, 1.165) is 12.8 Å². The van der Waals surface area contributed by atoms with Crippen molar-refractivity contribution in [1.29, 1.82) is 0 Å². The normalized spacial score (nSPS) is 11.4. The minimum absolute atomic E-state index is 0.143. The van der Waals surface area contributed by atoms with Crippen molar-refractivity contribution in [2.75, 3.05) is 5.32 Å². The van der Waals surface area contributed by atoms with E-state index in [1.807, 2.05) is 18.2 Å². The first kappa shape index (κ1) is 15.5. The zero-order chi connectivity index (χ0) is 15.5. The maximum atomic E-state index is 11.1. The zero-order valence-corrected chi connectivity index (χ0v) is 13.3. The van der Waals surface area contributed by atoms with E-state index >= 15 is 0 Å². The molecule has 0 bridgehead atoms. The fourth-order valence-corrected chi connectivity index (χ4v) is 3.09. The smallest absolute Gasteiger partial charge is 0.347 e. The van der Waals surface area contributed by atoms with Gasteiger partial charge in [0.1, 0.15) is 4.88 Å². The largest absolute Gasteiger partial charge is 0.477 e. The Kier molecular flexibility index (Phi) is 4.63. The van der Waals surface area contributed by atoms with Gasteiger partial charge in [-0.1, -0.05) is 41.7 Å². The lowest BCUT2D eigenvalue weighted by atomic mass is 9.95. The summed E-state index contributed by atoms with van der Waals surface area (Å²) >= 11 is 1.19. The van der Waals surface area contributed by atoms with Gasteiger partial charge in [-0.3, -0.25) is 0 Å². The van der Waals surface area contributed by atoms with E-state index in [-0.39, 0.29) is 5.54 Å². The van der Waals surface area contributed by atoms with Gasteiger partial charge in [0.2, 0.25) is 0 Å². The molecule has 0 aliphatic heterocycles. The summed E-state index contributed by atoms with van der Waals surface area (Å²) in [5.74, 6) is -0.917. The van der Waals surface area contributed by atoms with Crippen molar-refractivity contribution in [3.8, 4) is 0 Å². The molecule has 0 aliphatic rings. The molecule has 0 spiro atoms. The van der Waals surface area contributed by atoms with Crippen LogP contribution < -0.4 is 5.32 Å². The third kappa shape index (κ3) is 4.29. The van der Waals surface area contributed by atoms with Gasteiger partial charge >= 0.3 is 5.97 Å². The second-order valence-corrected chi connectivity index (χ2v) is 6.73. The van der Waals surface area contributed by atoms with Crippen molar-refractivity contribution in [1.82, 2.24) is 4.98 Å². The van der Waals surface area contributed by atoms with Crippen LogP contribution in [0.3, 0.4) is 0 Å². The number of anilines is 1. The highest BCUT2D eigenvalue weighted by atomic mass is 32.1. The quantitative estimate of drug-likeness (QED) is 0.847. The molecule has 0 saturated heterocycles. The number of aryl methyl sites for hydroxylation is 2. The van der Waals surface area contributed by atoms with Gasteiger partial charge in [0.15, 0.2) is 5.13 Å². The van der Waals surface area contributed by atoms with Crippen molar-refractivity contribution >= 4 is 22.4 Å². The topological polar surface area (TPSA) is 62.2 Å². The van der Waals surface area contributed by atoms with Crippen LogP contribution in [-0.2, 0) is 6.42 Å².